The molecule has 2 fully saturated rings. The Kier molecular flexibility index (Phi) is 8.97. The van der Waals surface area contributed by atoms with Crippen LogP contribution in [-0.4, -0.2) is 89.7 Å². The van der Waals surface area contributed by atoms with Crippen molar-refractivity contribution in [3.8, 4) is 5.75 Å². The van der Waals surface area contributed by atoms with Gasteiger partial charge in [-0.05, 0) is 75.7 Å². The Labute approximate surface area is 269 Å². The molecule has 0 aliphatic carbocycles. The van der Waals surface area contributed by atoms with E-state index in [1.165, 1.54) is 0 Å². The van der Waals surface area contributed by atoms with Gasteiger partial charge >= 0.3 is 0 Å². The van der Waals surface area contributed by atoms with Gasteiger partial charge in [-0.15, -0.1) is 11.8 Å². The predicted molar refractivity (Wildman–Crippen MR) is 179 cm³/mol. The summed E-state index contributed by atoms with van der Waals surface area (Å²) in [5, 5.41) is 9.47. The van der Waals surface area contributed by atoms with E-state index < -0.39 is 22.6 Å². The smallest absolute Gasteiger partial charge is 0.251 e. The third-order valence-electron chi connectivity index (χ3n) is 9.47. The number of hydrogen-bond acceptors (Lipinski definition) is 7. The molecule has 1 spiro atoms. The van der Waals surface area contributed by atoms with Crippen molar-refractivity contribution in [2.75, 3.05) is 60.6 Å². The van der Waals surface area contributed by atoms with E-state index in [-0.39, 0.29) is 36.1 Å². The van der Waals surface area contributed by atoms with Gasteiger partial charge in [0.15, 0.2) is 0 Å². The Morgan fingerprint density at radius 3 is 2.18 bits per heavy atom. The van der Waals surface area contributed by atoms with E-state index in [9.17, 15) is 19.5 Å². The number of carbonyl (C=O) groups is 3. The van der Waals surface area contributed by atoms with E-state index in [0.717, 1.165) is 35.9 Å². The highest BCUT2D eigenvalue weighted by molar-refractivity contribution is 8.02. The van der Waals surface area contributed by atoms with Crippen molar-refractivity contribution in [2.45, 2.75) is 43.2 Å². The second kappa shape index (κ2) is 12.9. The fourth-order valence-electron chi connectivity index (χ4n) is 7.40. The fraction of sp³-hybridized carbons (Fsp3) is 0.457. The van der Waals surface area contributed by atoms with Gasteiger partial charge in [0.2, 0.25) is 11.8 Å². The minimum absolute atomic E-state index is 0.0961. The van der Waals surface area contributed by atoms with Crippen LogP contribution >= 0.6 is 11.8 Å². The predicted octanol–water partition coefficient (Wildman–Crippen LogP) is 4.12. The van der Waals surface area contributed by atoms with Crippen LogP contribution in [0.1, 0.15) is 27.2 Å². The number of ether oxygens (including phenoxy) is 1. The van der Waals surface area contributed by atoms with E-state index in [0.29, 0.717) is 26.1 Å². The van der Waals surface area contributed by atoms with Crippen molar-refractivity contribution in [2.24, 2.45) is 11.8 Å². The minimum atomic E-state index is -0.906. The Balaban J connectivity index is 1.36. The Morgan fingerprint density at radius 1 is 0.889 bits per heavy atom. The van der Waals surface area contributed by atoms with E-state index in [1.807, 2.05) is 79.8 Å². The van der Waals surface area contributed by atoms with Crippen molar-refractivity contribution < 1.29 is 24.2 Å². The Bertz CT molecular complexity index is 1470. The normalized spacial score (nSPS) is 27.3. The molecule has 0 saturated carbocycles. The molecule has 1 N–H and O–H groups in total. The summed E-state index contributed by atoms with van der Waals surface area (Å²) in [4.78, 5) is 50.8. The largest absolute Gasteiger partial charge is 0.494 e. The number of benzene rings is 2. The average Bonchev–Trinajstić information content (AvgIpc) is 3.36. The fourth-order valence-corrected chi connectivity index (χ4v) is 9.41. The first kappa shape index (κ1) is 31.2. The van der Waals surface area contributed by atoms with Gasteiger partial charge in [0.25, 0.3) is 5.91 Å². The monoisotopic (exact) mass is 630 g/mol. The molecule has 10 heteroatoms. The van der Waals surface area contributed by atoms with Crippen LogP contribution in [0, 0.1) is 11.8 Å². The highest BCUT2D eigenvalue weighted by Gasteiger charge is 2.71. The summed E-state index contributed by atoms with van der Waals surface area (Å²) in [7, 11) is 0. The molecular weight excluding hydrogens is 588 g/mol. The number of aliphatic hydroxyl groups excluding tert-OH is 1. The summed E-state index contributed by atoms with van der Waals surface area (Å²) in [5.74, 6) is -1.08. The maximum absolute atomic E-state index is 14.6. The van der Waals surface area contributed by atoms with Crippen LogP contribution < -0.4 is 19.4 Å². The summed E-state index contributed by atoms with van der Waals surface area (Å²) < 4.78 is 4.69. The summed E-state index contributed by atoms with van der Waals surface area (Å²) in [6.45, 7) is 9.40. The molecule has 6 rings (SSSR count). The molecule has 4 aliphatic rings. The van der Waals surface area contributed by atoms with Crippen LogP contribution in [0.25, 0.3) is 0 Å². The molecule has 0 bridgehead atoms. The molecule has 0 aromatic heterocycles. The van der Waals surface area contributed by atoms with Crippen LogP contribution in [0.5, 0.6) is 5.75 Å². The second-order valence-corrected chi connectivity index (χ2v) is 13.3. The van der Waals surface area contributed by atoms with E-state index in [2.05, 4.69) is 18.7 Å². The zero-order valence-corrected chi connectivity index (χ0v) is 27.0. The number of rotatable bonds is 10. The molecule has 1 unspecified atom stereocenters. The summed E-state index contributed by atoms with van der Waals surface area (Å²) in [6, 6.07) is 14.7. The Hall–Kier alpha value is -3.76. The van der Waals surface area contributed by atoms with Gasteiger partial charge in [0, 0.05) is 61.6 Å². The van der Waals surface area contributed by atoms with Gasteiger partial charge in [-0.25, -0.2) is 0 Å². The number of hydrogen-bond donors (Lipinski definition) is 1. The van der Waals surface area contributed by atoms with Gasteiger partial charge in [-0.1, -0.05) is 24.3 Å². The summed E-state index contributed by atoms with van der Waals surface area (Å²) >= 11 is 1.57. The number of likely N-dealkylation sites (tertiary alicyclic amines) is 1. The van der Waals surface area contributed by atoms with Crippen molar-refractivity contribution in [3.05, 3.63) is 72.8 Å². The number of amides is 3. The van der Waals surface area contributed by atoms with Gasteiger partial charge < -0.3 is 29.4 Å². The molecule has 4 heterocycles. The van der Waals surface area contributed by atoms with Crippen LogP contribution in [-0.2, 0) is 14.4 Å². The van der Waals surface area contributed by atoms with Crippen molar-refractivity contribution in [1.82, 2.24) is 4.90 Å². The molecule has 238 valence electrons. The SMILES string of the molecule is CCOc1ccc(N2CC=C[C@@H]3S[C@]45C=CCN(c6ccc(N(CC)CC)cc6)C(=O)C4N(CCCO)C(=O)[C@@H]5[C@@H]3C2=O)cc1. The lowest BCUT2D eigenvalue weighted by Crippen LogP contribution is -2.53. The van der Waals surface area contributed by atoms with E-state index >= 15 is 0 Å². The van der Waals surface area contributed by atoms with Crippen molar-refractivity contribution >= 4 is 46.5 Å². The maximum Gasteiger partial charge on any atom is 0.251 e. The maximum atomic E-state index is 14.6. The number of aliphatic hydroxyl groups is 1. The van der Waals surface area contributed by atoms with Crippen molar-refractivity contribution in [3.63, 3.8) is 0 Å². The molecule has 45 heavy (non-hydrogen) atoms. The highest BCUT2D eigenvalue weighted by atomic mass is 32.2. The first-order chi connectivity index (χ1) is 21.9. The molecule has 4 aliphatic heterocycles. The molecule has 9 nitrogen and oxygen atoms in total. The second-order valence-electron chi connectivity index (χ2n) is 11.8. The number of fused-ring (bicyclic) bond motifs is 2. The zero-order chi connectivity index (χ0) is 31.7. The van der Waals surface area contributed by atoms with E-state index in [1.54, 1.807) is 26.5 Å². The zero-order valence-electron chi connectivity index (χ0n) is 26.2. The van der Waals surface area contributed by atoms with Crippen LogP contribution in [0.3, 0.4) is 0 Å². The minimum Gasteiger partial charge on any atom is -0.494 e. The van der Waals surface area contributed by atoms with Gasteiger partial charge in [0.05, 0.1) is 23.2 Å². The standard InChI is InChI=1S/C35H42N4O5S/c1-4-36(5-2)24-11-13-25(14-12-24)38-21-8-19-35-30(33(42)39(22-9-23-40)31(35)34(38)43)29-28(45-35)10-7-20-37(32(29)41)26-15-17-27(18-16-26)44-6-3/h7-8,10-19,28-31,40H,4-6,9,20-23H2,1-3H3/t28-,29+,30-,31?,35-/m0/s1. The molecule has 2 saturated heterocycles. The van der Waals surface area contributed by atoms with Gasteiger partial charge in [-0.3, -0.25) is 14.4 Å². The van der Waals surface area contributed by atoms with E-state index in [4.69, 9.17) is 4.74 Å². The van der Waals surface area contributed by atoms with Crippen LogP contribution in [0.2, 0.25) is 0 Å². The quantitative estimate of drug-likeness (QED) is 0.395. The lowest BCUT2D eigenvalue weighted by atomic mass is 9.78. The number of nitrogens with zero attached hydrogens (tertiary/aromatic N) is 4. The first-order valence-corrected chi connectivity index (χ1v) is 16.9. The molecular formula is C35H42N4O5S. The molecule has 2 aromatic carbocycles. The number of carbonyl (C=O) groups excluding carboxylic acids is 3. The highest BCUT2D eigenvalue weighted by Crippen LogP contribution is 2.61. The van der Waals surface area contributed by atoms with Crippen LogP contribution in [0.15, 0.2) is 72.8 Å². The van der Waals surface area contributed by atoms with Gasteiger partial charge in [-0.2, -0.15) is 0 Å². The third-order valence-corrected chi connectivity index (χ3v) is 11.2. The molecule has 0 radical (unpaired) electrons. The number of anilines is 3. The van der Waals surface area contributed by atoms with Crippen molar-refractivity contribution in [1.29, 1.82) is 0 Å². The summed E-state index contributed by atoms with van der Waals surface area (Å²) in [6.07, 6.45) is 8.42. The number of thioether (sulfide) groups is 1. The molecule has 5 atom stereocenters. The molecule has 2 aromatic rings. The Morgan fingerprint density at radius 2 is 1.53 bits per heavy atom. The third kappa shape index (κ3) is 5.31. The summed E-state index contributed by atoms with van der Waals surface area (Å²) in [5.41, 5.74) is 2.60. The average molecular weight is 631 g/mol. The van der Waals surface area contributed by atoms with Crippen LogP contribution in [0.4, 0.5) is 17.1 Å². The lowest BCUT2D eigenvalue weighted by Gasteiger charge is -2.35. The molecule has 3 amide bonds. The topological polar surface area (TPSA) is 93.6 Å². The first-order valence-electron chi connectivity index (χ1n) is 16.0. The van der Waals surface area contributed by atoms with Gasteiger partial charge in [0.1, 0.15) is 11.8 Å². The lowest BCUT2D eigenvalue weighted by molar-refractivity contribution is -0.138.